The Morgan fingerprint density at radius 2 is 2.11 bits per heavy atom. The van der Waals surface area contributed by atoms with Crippen LogP contribution >= 0.6 is 22.9 Å². The second kappa shape index (κ2) is 5.78. The van der Waals surface area contributed by atoms with E-state index in [-0.39, 0.29) is 5.56 Å². The predicted octanol–water partition coefficient (Wildman–Crippen LogP) is 4.38. The Bertz CT molecular complexity index is 542. The molecule has 0 saturated carbocycles. The molecule has 0 amide bonds. The van der Waals surface area contributed by atoms with Crippen LogP contribution in [-0.4, -0.2) is 6.54 Å². The molecule has 1 N–H and O–H groups in total. The predicted molar refractivity (Wildman–Crippen MR) is 71.2 cm³/mol. The molecular weight excluding hydrogens is 276 g/mol. The van der Waals surface area contributed by atoms with Crippen LogP contribution in [0.15, 0.2) is 29.6 Å². The Balaban J connectivity index is 2.48. The Morgan fingerprint density at radius 3 is 2.72 bits per heavy atom. The number of hydrogen-bond acceptors (Lipinski definition) is 2. The van der Waals surface area contributed by atoms with E-state index in [2.05, 4.69) is 5.32 Å². The van der Waals surface area contributed by atoms with Gasteiger partial charge in [0.05, 0.1) is 11.1 Å². The monoisotopic (exact) mass is 287 g/mol. The van der Waals surface area contributed by atoms with Gasteiger partial charge in [0.2, 0.25) is 0 Å². The largest absolute Gasteiger partial charge is 0.306 e. The Morgan fingerprint density at radius 1 is 1.33 bits per heavy atom. The van der Waals surface area contributed by atoms with Gasteiger partial charge in [-0.25, -0.2) is 8.78 Å². The number of nitrogens with one attached hydrogen (secondary N) is 1. The number of thiophene rings is 1. The normalized spacial score (nSPS) is 12.7. The molecule has 0 spiro atoms. The smallest absolute Gasteiger partial charge is 0.163 e. The summed E-state index contributed by atoms with van der Waals surface area (Å²) in [6.07, 6.45) is 0. The third kappa shape index (κ3) is 2.55. The van der Waals surface area contributed by atoms with Gasteiger partial charge in [-0.1, -0.05) is 30.7 Å². The highest BCUT2D eigenvalue weighted by molar-refractivity contribution is 7.10. The van der Waals surface area contributed by atoms with E-state index in [0.717, 1.165) is 10.9 Å². The summed E-state index contributed by atoms with van der Waals surface area (Å²) in [7, 11) is 0. The number of rotatable bonds is 4. The molecule has 0 saturated heterocycles. The molecule has 2 aromatic rings. The summed E-state index contributed by atoms with van der Waals surface area (Å²) in [5, 5.41) is 5.53. The first-order chi connectivity index (χ1) is 8.65. The quantitative estimate of drug-likeness (QED) is 0.880. The molecule has 5 heteroatoms. The first kappa shape index (κ1) is 13.5. The maximum Gasteiger partial charge on any atom is 0.163 e. The molecule has 96 valence electrons. The summed E-state index contributed by atoms with van der Waals surface area (Å²) in [5.41, 5.74) is 0.279. The fraction of sp³-hybridized carbons (Fsp3) is 0.231. The van der Waals surface area contributed by atoms with Crippen LogP contribution in [0.3, 0.4) is 0 Å². The highest BCUT2D eigenvalue weighted by Crippen LogP contribution is 2.34. The lowest BCUT2D eigenvalue weighted by Crippen LogP contribution is -2.22. The molecule has 1 atom stereocenters. The number of hydrogen-bond donors (Lipinski definition) is 1. The zero-order chi connectivity index (χ0) is 13.1. The van der Waals surface area contributed by atoms with E-state index < -0.39 is 17.7 Å². The first-order valence-electron chi connectivity index (χ1n) is 5.55. The summed E-state index contributed by atoms with van der Waals surface area (Å²) in [6, 6.07) is 5.51. The molecular formula is C13H12ClF2NS. The van der Waals surface area contributed by atoms with Crippen molar-refractivity contribution in [2.24, 2.45) is 0 Å². The Hall–Kier alpha value is -0.970. The Kier molecular flexibility index (Phi) is 4.32. The molecule has 0 bridgehead atoms. The molecule has 1 nitrogen and oxygen atoms in total. The Labute approximate surface area is 113 Å². The van der Waals surface area contributed by atoms with Crippen LogP contribution in [0.25, 0.3) is 0 Å². The lowest BCUT2D eigenvalue weighted by Gasteiger charge is -2.18. The van der Waals surface area contributed by atoms with Crippen molar-refractivity contribution in [2.45, 2.75) is 13.0 Å². The van der Waals surface area contributed by atoms with Gasteiger partial charge in [-0.15, -0.1) is 11.3 Å². The average Bonchev–Trinajstić information content (AvgIpc) is 2.76. The van der Waals surface area contributed by atoms with Crippen LogP contribution in [0.5, 0.6) is 0 Å². The summed E-state index contributed by atoms with van der Waals surface area (Å²) in [5.74, 6) is -1.67. The molecule has 1 heterocycles. The molecule has 0 aliphatic heterocycles. The van der Waals surface area contributed by atoms with Crippen molar-refractivity contribution in [2.75, 3.05) is 6.54 Å². The summed E-state index contributed by atoms with van der Waals surface area (Å²) in [4.78, 5) is 0.794. The average molecular weight is 288 g/mol. The van der Waals surface area contributed by atoms with Crippen molar-refractivity contribution >= 4 is 22.9 Å². The first-order valence-corrected chi connectivity index (χ1v) is 6.81. The lowest BCUT2D eigenvalue weighted by molar-refractivity contribution is 0.484. The molecule has 2 rings (SSSR count). The van der Waals surface area contributed by atoms with Gasteiger partial charge in [0.25, 0.3) is 0 Å². The fourth-order valence-corrected chi connectivity index (χ4v) is 3.06. The molecule has 1 aromatic carbocycles. The van der Waals surface area contributed by atoms with Gasteiger partial charge in [-0.2, -0.15) is 0 Å². The van der Waals surface area contributed by atoms with Crippen molar-refractivity contribution < 1.29 is 8.78 Å². The molecule has 18 heavy (non-hydrogen) atoms. The zero-order valence-corrected chi connectivity index (χ0v) is 11.3. The van der Waals surface area contributed by atoms with E-state index in [1.54, 1.807) is 12.1 Å². The summed E-state index contributed by atoms with van der Waals surface area (Å²) < 4.78 is 27.1. The third-order valence-corrected chi connectivity index (χ3v) is 4.03. The molecule has 1 aromatic heterocycles. The topological polar surface area (TPSA) is 12.0 Å². The van der Waals surface area contributed by atoms with Gasteiger partial charge in [0, 0.05) is 10.4 Å². The third-order valence-electron chi connectivity index (χ3n) is 2.61. The van der Waals surface area contributed by atoms with Crippen LogP contribution in [0.1, 0.15) is 23.4 Å². The van der Waals surface area contributed by atoms with Crippen LogP contribution < -0.4 is 5.32 Å². The zero-order valence-electron chi connectivity index (χ0n) is 9.71. The maximum absolute atomic E-state index is 13.8. The van der Waals surface area contributed by atoms with E-state index in [0.29, 0.717) is 11.6 Å². The summed E-state index contributed by atoms with van der Waals surface area (Å²) in [6.45, 7) is 2.54. The van der Waals surface area contributed by atoms with Gasteiger partial charge < -0.3 is 5.32 Å². The molecule has 0 aliphatic carbocycles. The minimum Gasteiger partial charge on any atom is -0.306 e. The van der Waals surface area contributed by atoms with E-state index in [4.69, 9.17) is 11.6 Å². The van der Waals surface area contributed by atoms with Crippen LogP contribution in [0.2, 0.25) is 5.02 Å². The minimum atomic E-state index is -0.844. The number of benzene rings is 1. The summed E-state index contributed by atoms with van der Waals surface area (Å²) >= 11 is 7.49. The van der Waals surface area contributed by atoms with Crippen molar-refractivity contribution in [3.8, 4) is 0 Å². The SMILES string of the molecule is CCNC(c1cccc(F)c1F)c1sccc1Cl. The lowest BCUT2D eigenvalue weighted by atomic mass is 10.0. The van der Waals surface area contributed by atoms with Crippen molar-refractivity contribution in [1.29, 1.82) is 0 Å². The van der Waals surface area contributed by atoms with Gasteiger partial charge >= 0.3 is 0 Å². The molecule has 0 aliphatic rings. The minimum absolute atomic E-state index is 0.279. The van der Waals surface area contributed by atoms with Crippen LogP contribution in [0.4, 0.5) is 8.78 Å². The standard InChI is InChI=1S/C13H12ClF2NS/c1-2-17-12(13-9(14)6-7-18-13)8-4-3-5-10(15)11(8)16/h3-7,12,17H,2H2,1H3. The second-order valence-corrected chi connectivity index (χ2v) is 5.12. The highest BCUT2D eigenvalue weighted by Gasteiger charge is 2.22. The van der Waals surface area contributed by atoms with Crippen molar-refractivity contribution in [3.63, 3.8) is 0 Å². The van der Waals surface area contributed by atoms with E-state index >= 15 is 0 Å². The van der Waals surface area contributed by atoms with Crippen molar-refractivity contribution in [1.82, 2.24) is 5.32 Å². The van der Waals surface area contributed by atoms with Crippen LogP contribution in [0, 0.1) is 11.6 Å². The fourth-order valence-electron chi connectivity index (χ4n) is 1.80. The van der Waals surface area contributed by atoms with E-state index in [9.17, 15) is 8.78 Å². The molecule has 1 unspecified atom stereocenters. The number of halogens is 3. The van der Waals surface area contributed by atoms with Crippen molar-refractivity contribution in [3.05, 3.63) is 56.7 Å². The molecule has 0 radical (unpaired) electrons. The van der Waals surface area contributed by atoms with E-state index in [1.165, 1.54) is 17.4 Å². The van der Waals surface area contributed by atoms with E-state index in [1.807, 2.05) is 12.3 Å². The second-order valence-electron chi connectivity index (χ2n) is 3.77. The van der Waals surface area contributed by atoms with Gasteiger partial charge in [0.1, 0.15) is 0 Å². The van der Waals surface area contributed by atoms with Gasteiger partial charge in [-0.05, 0) is 24.1 Å². The maximum atomic E-state index is 13.8. The van der Waals surface area contributed by atoms with Crippen LogP contribution in [-0.2, 0) is 0 Å². The molecule has 0 fully saturated rings. The van der Waals surface area contributed by atoms with Gasteiger partial charge in [-0.3, -0.25) is 0 Å². The highest BCUT2D eigenvalue weighted by atomic mass is 35.5. The van der Waals surface area contributed by atoms with Gasteiger partial charge in [0.15, 0.2) is 11.6 Å².